The van der Waals surface area contributed by atoms with E-state index in [4.69, 9.17) is 4.74 Å². The number of nitrogens with one attached hydrogen (secondary N) is 2. The lowest BCUT2D eigenvalue weighted by atomic mass is 10.0. The molecule has 0 spiro atoms. The zero-order valence-electron chi connectivity index (χ0n) is 13.3. The number of hydrogen-bond acceptors (Lipinski definition) is 6. The zero-order valence-corrected chi connectivity index (χ0v) is 14.1. The van der Waals surface area contributed by atoms with Gasteiger partial charge in [0.25, 0.3) is 5.82 Å². The molecule has 0 aliphatic rings. The van der Waals surface area contributed by atoms with E-state index in [0.29, 0.717) is 18.3 Å². The lowest BCUT2D eigenvalue weighted by Gasteiger charge is -2.18. The third-order valence-corrected chi connectivity index (χ3v) is 3.74. The zero-order chi connectivity index (χ0) is 15.7. The van der Waals surface area contributed by atoms with E-state index in [1.165, 1.54) is 0 Å². The molecule has 1 atom stereocenters. The number of carbonyl (C=O) groups excluding carboxylic acids is 1. The van der Waals surface area contributed by atoms with Crippen molar-refractivity contribution in [1.82, 2.24) is 20.5 Å². The summed E-state index contributed by atoms with van der Waals surface area (Å²) >= 11 is 1.90. The number of rotatable bonds is 10. The van der Waals surface area contributed by atoms with Crippen molar-refractivity contribution in [3.8, 4) is 0 Å². The van der Waals surface area contributed by atoms with E-state index in [2.05, 4.69) is 41.3 Å². The summed E-state index contributed by atoms with van der Waals surface area (Å²) in [5, 5.41) is 10.3. The van der Waals surface area contributed by atoms with E-state index in [1.54, 1.807) is 6.92 Å². The minimum absolute atomic E-state index is 0.0816. The molecule has 7 heteroatoms. The second-order valence-electron chi connectivity index (χ2n) is 5.10. The van der Waals surface area contributed by atoms with Gasteiger partial charge in [0.05, 0.1) is 12.6 Å². The van der Waals surface area contributed by atoms with Crippen molar-refractivity contribution in [3.05, 3.63) is 11.6 Å². The van der Waals surface area contributed by atoms with E-state index >= 15 is 0 Å². The van der Waals surface area contributed by atoms with Crippen LogP contribution in [0.5, 0.6) is 0 Å². The topological polar surface area (TPSA) is 79.9 Å². The Morgan fingerprint density at radius 3 is 2.81 bits per heavy atom. The fraction of sp³-hybridized carbons (Fsp3) is 0.786. The highest BCUT2D eigenvalue weighted by molar-refractivity contribution is 7.99. The highest BCUT2D eigenvalue weighted by Gasteiger charge is 2.20. The molecule has 0 radical (unpaired) electrons. The maximum atomic E-state index is 11.6. The molecule has 2 N–H and O–H groups in total. The van der Waals surface area contributed by atoms with Gasteiger partial charge in [-0.05, 0) is 25.0 Å². The van der Waals surface area contributed by atoms with Crippen molar-refractivity contribution in [3.63, 3.8) is 0 Å². The highest BCUT2D eigenvalue weighted by Crippen LogP contribution is 2.18. The number of ether oxygens (including phenoxy) is 1. The number of H-pyrrole nitrogens is 1. The molecule has 1 aromatic rings. The highest BCUT2D eigenvalue weighted by atomic mass is 32.2. The van der Waals surface area contributed by atoms with Gasteiger partial charge in [0.1, 0.15) is 5.82 Å². The van der Waals surface area contributed by atoms with E-state index < -0.39 is 5.97 Å². The number of thioether (sulfide) groups is 1. The molecule has 0 fully saturated rings. The Labute approximate surface area is 130 Å². The molecule has 0 saturated carbocycles. The maximum Gasteiger partial charge on any atom is 0.378 e. The second kappa shape index (κ2) is 9.78. The summed E-state index contributed by atoms with van der Waals surface area (Å²) in [5.74, 6) is 3.02. The van der Waals surface area contributed by atoms with Crippen molar-refractivity contribution in [2.75, 3.05) is 24.7 Å². The molecule has 0 amide bonds. The van der Waals surface area contributed by atoms with Crippen LogP contribution in [-0.2, 0) is 4.74 Å². The molecule has 0 bridgehead atoms. The molecule has 21 heavy (non-hydrogen) atoms. The van der Waals surface area contributed by atoms with Crippen molar-refractivity contribution < 1.29 is 9.53 Å². The molecule has 1 aromatic heterocycles. The van der Waals surface area contributed by atoms with Crippen LogP contribution in [0.1, 0.15) is 56.6 Å². The van der Waals surface area contributed by atoms with Gasteiger partial charge in [-0.3, -0.25) is 5.10 Å². The quantitative estimate of drug-likeness (QED) is 0.510. The standard InChI is InChI=1S/C14H26N4O2S/c1-5-20-14(19)13-16-12(17-18-13)11(9-10(3)4)15-7-8-21-6-2/h10-11,15H,5-9H2,1-4H3,(H,16,17,18). The summed E-state index contributed by atoms with van der Waals surface area (Å²) in [7, 11) is 0. The number of aromatic nitrogens is 3. The fourth-order valence-corrected chi connectivity index (χ4v) is 2.48. The third kappa shape index (κ3) is 6.48. The van der Waals surface area contributed by atoms with Crippen LogP contribution in [0.15, 0.2) is 0 Å². The van der Waals surface area contributed by atoms with Crippen LogP contribution in [0.25, 0.3) is 0 Å². The monoisotopic (exact) mass is 314 g/mol. The van der Waals surface area contributed by atoms with Crippen molar-refractivity contribution >= 4 is 17.7 Å². The van der Waals surface area contributed by atoms with Gasteiger partial charge >= 0.3 is 5.97 Å². The maximum absolute atomic E-state index is 11.6. The predicted molar refractivity (Wildman–Crippen MR) is 85.5 cm³/mol. The molecule has 1 unspecified atom stereocenters. The number of aromatic amines is 1. The van der Waals surface area contributed by atoms with E-state index in [9.17, 15) is 4.79 Å². The number of nitrogens with zero attached hydrogens (tertiary/aromatic N) is 2. The minimum atomic E-state index is -0.482. The predicted octanol–water partition coefficient (Wildman–Crippen LogP) is 2.41. The summed E-state index contributed by atoms with van der Waals surface area (Å²) in [6.07, 6.45) is 0.939. The molecule has 1 rings (SSSR count). The second-order valence-corrected chi connectivity index (χ2v) is 6.49. The van der Waals surface area contributed by atoms with Crippen LogP contribution >= 0.6 is 11.8 Å². The van der Waals surface area contributed by atoms with Gasteiger partial charge in [0, 0.05) is 12.3 Å². The largest absolute Gasteiger partial charge is 0.460 e. The number of hydrogen-bond donors (Lipinski definition) is 2. The summed E-state index contributed by atoms with van der Waals surface area (Å²) in [6.45, 7) is 9.48. The van der Waals surface area contributed by atoms with Crippen molar-refractivity contribution in [1.29, 1.82) is 0 Å². The summed E-state index contributed by atoms with van der Waals surface area (Å²) < 4.78 is 4.91. The van der Waals surface area contributed by atoms with Crippen LogP contribution in [-0.4, -0.2) is 45.8 Å². The van der Waals surface area contributed by atoms with Crippen LogP contribution in [0.3, 0.4) is 0 Å². The van der Waals surface area contributed by atoms with Crippen LogP contribution in [0.4, 0.5) is 0 Å². The molecular weight excluding hydrogens is 288 g/mol. The Morgan fingerprint density at radius 1 is 1.43 bits per heavy atom. The first-order chi connectivity index (χ1) is 10.1. The molecule has 0 aromatic carbocycles. The Bertz CT molecular complexity index is 423. The first kappa shape index (κ1) is 18.0. The minimum Gasteiger partial charge on any atom is -0.460 e. The molecular formula is C14H26N4O2S. The smallest absolute Gasteiger partial charge is 0.378 e. The lowest BCUT2D eigenvalue weighted by Crippen LogP contribution is -2.26. The Balaban J connectivity index is 2.66. The molecule has 0 saturated heterocycles. The van der Waals surface area contributed by atoms with Gasteiger partial charge in [-0.25, -0.2) is 9.78 Å². The Morgan fingerprint density at radius 2 is 2.19 bits per heavy atom. The van der Waals surface area contributed by atoms with Crippen LogP contribution < -0.4 is 5.32 Å². The average molecular weight is 314 g/mol. The van der Waals surface area contributed by atoms with Gasteiger partial charge in [0.2, 0.25) is 0 Å². The number of carbonyl (C=O) groups is 1. The van der Waals surface area contributed by atoms with Crippen LogP contribution in [0.2, 0.25) is 0 Å². The van der Waals surface area contributed by atoms with Gasteiger partial charge in [-0.2, -0.15) is 11.8 Å². The number of esters is 1. The SMILES string of the molecule is CCOC(=O)c1n[nH]c(C(CC(C)C)NCCSCC)n1. The molecule has 1 heterocycles. The Kier molecular flexibility index (Phi) is 8.37. The molecule has 0 aliphatic carbocycles. The first-order valence-electron chi connectivity index (χ1n) is 7.49. The van der Waals surface area contributed by atoms with Gasteiger partial charge in [-0.1, -0.05) is 20.8 Å². The van der Waals surface area contributed by atoms with Gasteiger partial charge < -0.3 is 10.1 Å². The normalized spacial score (nSPS) is 12.6. The summed E-state index contributed by atoms with van der Waals surface area (Å²) in [5.41, 5.74) is 0. The van der Waals surface area contributed by atoms with E-state index in [0.717, 1.165) is 24.5 Å². The van der Waals surface area contributed by atoms with E-state index in [1.807, 2.05) is 11.8 Å². The van der Waals surface area contributed by atoms with Crippen LogP contribution in [0, 0.1) is 5.92 Å². The fourth-order valence-electron chi connectivity index (χ4n) is 1.93. The Hall–Kier alpha value is -1.08. The summed E-state index contributed by atoms with van der Waals surface area (Å²) in [4.78, 5) is 15.9. The average Bonchev–Trinajstić information content (AvgIpc) is 2.92. The molecule has 6 nitrogen and oxygen atoms in total. The summed E-state index contributed by atoms with van der Waals surface area (Å²) in [6, 6.07) is 0.0816. The lowest BCUT2D eigenvalue weighted by molar-refractivity contribution is 0.0512. The van der Waals surface area contributed by atoms with E-state index in [-0.39, 0.29) is 11.9 Å². The van der Waals surface area contributed by atoms with Gasteiger partial charge in [0.15, 0.2) is 0 Å². The van der Waals surface area contributed by atoms with Crippen molar-refractivity contribution in [2.24, 2.45) is 5.92 Å². The third-order valence-electron chi connectivity index (χ3n) is 2.84. The molecule has 0 aliphatic heterocycles. The van der Waals surface area contributed by atoms with Crippen molar-refractivity contribution in [2.45, 2.75) is 40.2 Å². The van der Waals surface area contributed by atoms with Gasteiger partial charge in [-0.15, -0.1) is 5.10 Å². The molecule has 120 valence electrons. The first-order valence-corrected chi connectivity index (χ1v) is 8.64.